The molecular weight excluding hydrogens is 396 g/mol. The van der Waals surface area contributed by atoms with Gasteiger partial charge in [0.15, 0.2) is 0 Å². The topological polar surface area (TPSA) is 93.1 Å². The number of carbonyl (C=O) groups excluding carboxylic acids is 1. The van der Waals surface area contributed by atoms with E-state index in [1.54, 1.807) is 31.5 Å². The van der Waals surface area contributed by atoms with Crippen LogP contribution in [-0.2, 0) is 53.0 Å². The summed E-state index contributed by atoms with van der Waals surface area (Å²) in [5.74, 6) is -0.0785. The van der Waals surface area contributed by atoms with Crippen molar-refractivity contribution in [3.05, 3.63) is 47.9 Å². The summed E-state index contributed by atoms with van der Waals surface area (Å²) in [6.07, 6.45) is 1.22. The Labute approximate surface area is 161 Å². The molecule has 0 amide bonds. The smallest absolute Gasteiger partial charge is 0.525 e. The van der Waals surface area contributed by atoms with Gasteiger partial charge in [0.05, 0.1) is 6.16 Å². The van der Waals surface area contributed by atoms with Gasteiger partial charge >= 0.3 is 46.3 Å². The average molecular weight is 416 g/mol. The molecule has 0 aliphatic rings. The van der Waals surface area contributed by atoms with E-state index in [1.807, 2.05) is 6.92 Å². The number of ether oxygens (including phenoxy) is 2. The maximum absolute atomic E-state index is 11.2. The molecule has 0 spiro atoms. The van der Waals surface area contributed by atoms with Crippen LogP contribution in [0.25, 0.3) is 0 Å². The molecule has 0 atom stereocenters. The Morgan fingerprint density at radius 1 is 1.35 bits per heavy atom. The summed E-state index contributed by atoms with van der Waals surface area (Å²) >= 11 is 0. The number of esters is 1. The van der Waals surface area contributed by atoms with Crippen LogP contribution in [0.15, 0.2) is 30.4 Å². The Balaban J connectivity index is 0.00000484. The van der Waals surface area contributed by atoms with Gasteiger partial charge in [0, 0.05) is 11.1 Å². The van der Waals surface area contributed by atoms with Crippen LogP contribution in [-0.4, -0.2) is 29.0 Å². The van der Waals surface area contributed by atoms with Crippen molar-refractivity contribution in [2.75, 3.05) is 13.2 Å². The molecule has 1 rings (SSSR count). The van der Waals surface area contributed by atoms with Gasteiger partial charge in [-0.1, -0.05) is 24.3 Å². The summed E-state index contributed by atoms with van der Waals surface area (Å²) in [5.41, 5.74) is 1.65. The molecule has 0 bridgehead atoms. The van der Waals surface area contributed by atoms with Crippen molar-refractivity contribution in [1.29, 1.82) is 0 Å². The van der Waals surface area contributed by atoms with E-state index in [2.05, 4.69) is 6.58 Å². The Hall–Kier alpha value is -0.516. The van der Waals surface area contributed by atoms with E-state index in [0.717, 1.165) is 5.56 Å². The normalized spacial score (nSPS) is 10.6. The number of carbonyl (C=O) groups is 1. The molecule has 6 nitrogen and oxygen atoms in total. The van der Waals surface area contributed by atoms with Crippen LogP contribution in [0.5, 0.6) is 5.75 Å². The van der Waals surface area contributed by atoms with Crippen molar-refractivity contribution in [3.8, 4) is 5.75 Å². The first kappa shape index (κ1) is 22.5. The van der Waals surface area contributed by atoms with Crippen LogP contribution in [0, 0.1) is 13.3 Å². The SMILES string of the molecule is C=C(C)C(=O)OC[CH-]COc1ccc(C)cc1CP(=O)(O)O.[Y+3]. The fraction of sp³-hybridized carbons (Fsp3) is 0.333. The van der Waals surface area contributed by atoms with Crippen LogP contribution in [0.3, 0.4) is 0 Å². The Morgan fingerprint density at radius 3 is 2.57 bits per heavy atom. The second-order valence-electron chi connectivity index (χ2n) is 4.91. The summed E-state index contributed by atoms with van der Waals surface area (Å²) in [6.45, 7) is 7.07. The summed E-state index contributed by atoms with van der Waals surface area (Å²) in [4.78, 5) is 29.3. The molecule has 0 unspecified atom stereocenters. The van der Waals surface area contributed by atoms with Gasteiger partial charge in [-0.3, -0.25) is 11.0 Å². The number of hydrogen-bond donors (Lipinski definition) is 2. The van der Waals surface area contributed by atoms with Crippen LogP contribution < -0.4 is 4.74 Å². The Kier molecular flexibility index (Phi) is 10.1. The fourth-order valence-electron chi connectivity index (χ4n) is 1.65. The van der Waals surface area contributed by atoms with E-state index in [0.29, 0.717) is 16.9 Å². The van der Waals surface area contributed by atoms with Gasteiger partial charge in [-0.2, -0.15) is 0 Å². The van der Waals surface area contributed by atoms with Crippen molar-refractivity contribution in [1.82, 2.24) is 0 Å². The van der Waals surface area contributed by atoms with E-state index in [1.165, 1.54) is 0 Å². The third-order valence-corrected chi connectivity index (χ3v) is 3.38. The van der Waals surface area contributed by atoms with Crippen molar-refractivity contribution < 1.29 is 61.3 Å². The van der Waals surface area contributed by atoms with Crippen LogP contribution in [0.4, 0.5) is 0 Å². The molecule has 1 aromatic rings. The molecule has 23 heavy (non-hydrogen) atoms. The van der Waals surface area contributed by atoms with E-state index in [-0.39, 0.29) is 52.1 Å². The van der Waals surface area contributed by atoms with Gasteiger partial charge in [-0.15, -0.1) is 0 Å². The van der Waals surface area contributed by atoms with Crippen molar-refractivity contribution in [2.45, 2.75) is 20.0 Å². The zero-order chi connectivity index (χ0) is 16.8. The largest absolute Gasteiger partial charge is 3.00 e. The van der Waals surface area contributed by atoms with Crippen molar-refractivity contribution >= 4 is 13.6 Å². The minimum atomic E-state index is -4.17. The molecule has 0 fully saturated rings. The summed E-state index contributed by atoms with van der Waals surface area (Å²) in [5, 5.41) is 0. The third-order valence-electron chi connectivity index (χ3n) is 2.63. The summed E-state index contributed by atoms with van der Waals surface area (Å²) < 4.78 is 21.5. The molecular formula is C15H20O6PY+2. The molecule has 122 valence electrons. The maximum atomic E-state index is 11.2. The molecule has 0 aliphatic carbocycles. The number of rotatable bonds is 8. The molecule has 2 N–H and O–H groups in total. The molecule has 1 aromatic carbocycles. The Bertz CT molecular complexity index is 596. The summed E-state index contributed by atoms with van der Waals surface area (Å²) in [6, 6.07) is 5.13. The van der Waals surface area contributed by atoms with Gasteiger partial charge in [0.1, 0.15) is 5.75 Å². The first-order chi connectivity index (χ1) is 10.2. The van der Waals surface area contributed by atoms with E-state index < -0.39 is 13.6 Å². The van der Waals surface area contributed by atoms with E-state index >= 15 is 0 Å². The molecule has 0 saturated carbocycles. The van der Waals surface area contributed by atoms with Gasteiger partial charge in [-0.25, -0.2) is 4.79 Å². The van der Waals surface area contributed by atoms with Crippen LogP contribution in [0.2, 0.25) is 0 Å². The van der Waals surface area contributed by atoms with Gasteiger partial charge in [0.25, 0.3) is 0 Å². The maximum Gasteiger partial charge on any atom is 3.00 e. The molecule has 0 heterocycles. The average Bonchev–Trinajstić information content (AvgIpc) is 2.38. The van der Waals surface area contributed by atoms with Crippen molar-refractivity contribution in [2.24, 2.45) is 0 Å². The predicted molar refractivity (Wildman–Crippen MR) is 82.5 cm³/mol. The third kappa shape index (κ3) is 9.38. The predicted octanol–water partition coefficient (Wildman–Crippen LogP) is 2.37. The second-order valence-corrected chi connectivity index (χ2v) is 6.56. The van der Waals surface area contributed by atoms with Crippen molar-refractivity contribution in [3.63, 3.8) is 0 Å². The second kappa shape index (κ2) is 10.4. The zero-order valence-corrected chi connectivity index (χ0v) is 16.9. The number of hydrogen-bond acceptors (Lipinski definition) is 4. The molecule has 0 aliphatic heterocycles. The van der Waals surface area contributed by atoms with Gasteiger partial charge < -0.3 is 19.3 Å². The zero-order valence-electron chi connectivity index (χ0n) is 13.2. The standard InChI is InChI=1S/C15H20O6P.Y/c1-11(2)15(16)21-8-4-7-20-14-6-5-12(3)9-13(14)10-22(17,18)19;/h4-6,9H,1,7-8,10H2,2-3H3,(H2,17,18,19);/q-1;+3. The van der Waals surface area contributed by atoms with E-state index in [9.17, 15) is 9.36 Å². The first-order valence-corrected chi connectivity index (χ1v) is 8.40. The number of aryl methyl sites for hydroxylation is 1. The monoisotopic (exact) mass is 416 g/mol. The minimum absolute atomic E-state index is 0. The number of benzene rings is 1. The minimum Gasteiger partial charge on any atom is -0.525 e. The first-order valence-electron chi connectivity index (χ1n) is 6.60. The van der Waals surface area contributed by atoms with Gasteiger partial charge in [0.2, 0.25) is 0 Å². The van der Waals surface area contributed by atoms with E-state index in [4.69, 9.17) is 19.3 Å². The van der Waals surface area contributed by atoms with Crippen LogP contribution in [0.1, 0.15) is 18.1 Å². The molecule has 0 radical (unpaired) electrons. The molecule has 0 aromatic heterocycles. The molecule has 8 heteroatoms. The quantitative estimate of drug-likeness (QED) is 0.222. The van der Waals surface area contributed by atoms with Crippen LogP contribution >= 0.6 is 7.60 Å². The van der Waals surface area contributed by atoms with Gasteiger partial charge in [-0.05, 0) is 33.1 Å². The Morgan fingerprint density at radius 2 is 2.00 bits per heavy atom. The fourth-order valence-corrected chi connectivity index (χ4v) is 2.34. The summed E-state index contributed by atoms with van der Waals surface area (Å²) in [7, 11) is -4.17. The molecule has 0 saturated heterocycles.